The highest BCUT2D eigenvalue weighted by Crippen LogP contribution is 2.32. The van der Waals surface area contributed by atoms with Crippen LogP contribution in [0.1, 0.15) is 28.8 Å². The molecule has 0 radical (unpaired) electrons. The van der Waals surface area contributed by atoms with Crippen molar-refractivity contribution < 1.29 is 4.42 Å². The zero-order valence-electron chi connectivity index (χ0n) is 11.8. The van der Waals surface area contributed by atoms with Crippen LogP contribution in [0.5, 0.6) is 0 Å². The molecule has 0 aliphatic carbocycles. The van der Waals surface area contributed by atoms with Gasteiger partial charge in [-0.1, -0.05) is 12.1 Å². The number of aromatic amines is 1. The Morgan fingerprint density at radius 2 is 2.14 bits per heavy atom. The summed E-state index contributed by atoms with van der Waals surface area (Å²) in [6.07, 6.45) is 2.66. The highest BCUT2D eigenvalue weighted by atomic mass is 16.3. The molecule has 0 fully saturated rings. The number of hydrogen-bond acceptors (Lipinski definition) is 4. The van der Waals surface area contributed by atoms with E-state index in [0.717, 1.165) is 35.7 Å². The molecule has 0 bridgehead atoms. The van der Waals surface area contributed by atoms with E-state index < -0.39 is 0 Å². The number of aromatic nitrogens is 2. The minimum Gasteiger partial charge on any atom is -0.459 e. The van der Waals surface area contributed by atoms with Crippen LogP contribution in [0.3, 0.4) is 0 Å². The van der Waals surface area contributed by atoms with Gasteiger partial charge in [-0.05, 0) is 24.3 Å². The Balaban J connectivity index is 1.73. The van der Waals surface area contributed by atoms with Crippen molar-refractivity contribution in [1.82, 2.24) is 15.3 Å². The molecule has 0 spiro atoms. The zero-order valence-corrected chi connectivity index (χ0v) is 11.8. The van der Waals surface area contributed by atoms with Crippen LogP contribution in [0.15, 0.2) is 47.1 Å². The second-order valence-corrected chi connectivity index (χ2v) is 5.26. The first-order valence-electron chi connectivity index (χ1n) is 7.21. The summed E-state index contributed by atoms with van der Waals surface area (Å²) in [6.45, 7) is 0.880. The summed E-state index contributed by atoms with van der Waals surface area (Å²) in [7, 11) is 0. The lowest BCUT2D eigenvalue weighted by Crippen LogP contribution is -2.30. The summed E-state index contributed by atoms with van der Waals surface area (Å²) in [4.78, 5) is 7.58. The lowest BCUT2D eigenvalue weighted by atomic mass is 10.0. The monoisotopic (exact) mass is 290 g/mol. The van der Waals surface area contributed by atoms with Crippen LogP contribution >= 0.6 is 0 Å². The molecule has 0 unspecified atom stereocenters. The molecule has 1 aliphatic heterocycles. The molecule has 5 nitrogen and oxygen atoms in total. The summed E-state index contributed by atoms with van der Waals surface area (Å²) in [5.41, 5.74) is 3.56. The Labute approximate surface area is 127 Å². The number of hydrogen-bond donors (Lipinski definition) is 2. The number of H-pyrrole nitrogens is 1. The van der Waals surface area contributed by atoms with E-state index in [9.17, 15) is 5.26 Å². The van der Waals surface area contributed by atoms with Gasteiger partial charge in [0.05, 0.1) is 23.7 Å². The molecule has 22 heavy (non-hydrogen) atoms. The Morgan fingerprint density at radius 1 is 1.23 bits per heavy atom. The molecular formula is C17H14N4O. The Bertz CT molecular complexity index is 855. The summed E-state index contributed by atoms with van der Waals surface area (Å²) in [5.74, 6) is 1.52. The Kier molecular flexibility index (Phi) is 3.02. The summed E-state index contributed by atoms with van der Waals surface area (Å²) >= 11 is 0. The second kappa shape index (κ2) is 5.17. The van der Waals surface area contributed by atoms with Gasteiger partial charge in [-0.15, -0.1) is 0 Å². The topological polar surface area (TPSA) is 77.6 Å². The maximum atomic E-state index is 9.22. The van der Waals surface area contributed by atoms with E-state index in [1.165, 1.54) is 0 Å². The molecule has 4 rings (SSSR count). The van der Waals surface area contributed by atoms with Crippen LogP contribution in [0.25, 0.3) is 11.3 Å². The molecule has 0 amide bonds. The van der Waals surface area contributed by atoms with Gasteiger partial charge in [0, 0.05) is 24.2 Å². The number of nitriles is 1. The zero-order chi connectivity index (χ0) is 14.9. The lowest BCUT2D eigenvalue weighted by Gasteiger charge is -2.21. The Hall–Kier alpha value is -2.84. The van der Waals surface area contributed by atoms with Gasteiger partial charge in [-0.2, -0.15) is 5.26 Å². The van der Waals surface area contributed by atoms with Gasteiger partial charge in [0.15, 0.2) is 0 Å². The van der Waals surface area contributed by atoms with Crippen LogP contribution in [-0.2, 0) is 6.42 Å². The molecule has 0 saturated heterocycles. The third-order valence-corrected chi connectivity index (χ3v) is 3.97. The molecule has 3 aromatic rings. The highest BCUT2D eigenvalue weighted by molar-refractivity contribution is 5.66. The normalized spacial score (nSPS) is 17.0. The van der Waals surface area contributed by atoms with Gasteiger partial charge in [0.1, 0.15) is 17.6 Å². The van der Waals surface area contributed by atoms with Crippen LogP contribution < -0.4 is 5.32 Å². The van der Waals surface area contributed by atoms with E-state index in [-0.39, 0.29) is 6.04 Å². The second-order valence-electron chi connectivity index (χ2n) is 5.26. The van der Waals surface area contributed by atoms with Gasteiger partial charge < -0.3 is 14.7 Å². The SMILES string of the molecule is N#Cc1ccccc1-c1ccc([C@H]2NCCc3[nH]cnc32)o1. The average Bonchev–Trinajstić information content (AvgIpc) is 3.23. The van der Waals surface area contributed by atoms with E-state index in [1.54, 1.807) is 12.4 Å². The Morgan fingerprint density at radius 3 is 3.05 bits per heavy atom. The number of nitrogens with one attached hydrogen (secondary N) is 2. The lowest BCUT2D eigenvalue weighted by molar-refractivity contribution is 0.437. The maximum absolute atomic E-state index is 9.22. The maximum Gasteiger partial charge on any atom is 0.135 e. The fraction of sp³-hybridized carbons (Fsp3) is 0.176. The molecule has 2 aromatic heterocycles. The first-order chi connectivity index (χ1) is 10.9. The van der Waals surface area contributed by atoms with Crippen molar-refractivity contribution in [1.29, 1.82) is 5.26 Å². The predicted molar refractivity (Wildman–Crippen MR) is 81.0 cm³/mol. The fourth-order valence-corrected chi connectivity index (χ4v) is 2.90. The van der Waals surface area contributed by atoms with E-state index in [1.807, 2.05) is 30.3 Å². The molecule has 5 heteroatoms. The van der Waals surface area contributed by atoms with Crippen molar-refractivity contribution >= 4 is 0 Å². The summed E-state index contributed by atoms with van der Waals surface area (Å²) in [5, 5.41) is 12.6. The predicted octanol–water partition coefficient (Wildman–Crippen LogP) is 2.78. The van der Waals surface area contributed by atoms with Crippen molar-refractivity contribution in [2.45, 2.75) is 12.5 Å². The number of benzene rings is 1. The summed E-state index contributed by atoms with van der Waals surface area (Å²) < 4.78 is 6.01. The number of fused-ring (bicyclic) bond motifs is 1. The quantitative estimate of drug-likeness (QED) is 0.760. The van der Waals surface area contributed by atoms with Gasteiger partial charge in [-0.25, -0.2) is 4.98 Å². The van der Waals surface area contributed by atoms with E-state index in [4.69, 9.17) is 4.42 Å². The minimum absolute atomic E-state index is 0.0435. The average molecular weight is 290 g/mol. The van der Waals surface area contributed by atoms with E-state index in [0.29, 0.717) is 11.3 Å². The van der Waals surface area contributed by atoms with E-state index >= 15 is 0 Å². The molecule has 0 saturated carbocycles. The van der Waals surface area contributed by atoms with E-state index in [2.05, 4.69) is 21.4 Å². The van der Waals surface area contributed by atoms with Crippen molar-refractivity contribution in [2.75, 3.05) is 6.54 Å². The number of rotatable bonds is 2. The van der Waals surface area contributed by atoms with Crippen LogP contribution in [0.4, 0.5) is 0 Å². The minimum atomic E-state index is -0.0435. The van der Waals surface area contributed by atoms with Gasteiger partial charge in [0.2, 0.25) is 0 Å². The van der Waals surface area contributed by atoms with Gasteiger partial charge in [-0.3, -0.25) is 0 Å². The van der Waals surface area contributed by atoms with Crippen molar-refractivity contribution in [3.05, 3.63) is 65.4 Å². The smallest absolute Gasteiger partial charge is 0.135 e. The molecule has 3 heterocycles. The van der Waals surface area contributed by atoms with Crippen molar-refractivity contribution in [3.8, 4) is 17.4 Å². The number of nitrogens with zero attached hydrogens (tertiary/aromatic N) is 2. The highest BCUT2D eigenvalue weighted by Gasteiger charge is 2.26. The summed E-state index contributed by atoms with van der Waals surface area (Å²) in [6, 6.07) is 13.5. The van der Waals surface area contributed by atoms with Crippen molar-refractivity contribution in [3.63, 3.8) is 0 Å². The van der Waals surface area contributed by atoms with Crippen molar-refractivity contribution in [2.24, 2.45) is 0 Å². The molecule has 1 aromatic carbocycles. The number of furan rings is 1. The van der Waals surface area contributed by atoms with Crippen LogP contribution in [-0.4, -0.2) is 16.5 Å². The first kappa shape index (κ1) is 12.9. The molecular weight excluding hydrogens is 276 g/mol. The van der Waals surface area contributed by atoms with Gasteiger partial charge >= 0.3 is 0 Å². The van der Waals surface area contributed by atoms with Crippen LogP contribution in [0, 0.1) is 11.3 Å². The van der Waals surface area contributed by atoms with Gasteiger partial charge in [0.25, 0.3) is 0 Å². The molecule has 2 N–H and O–H groups in total. The molecule has 108 valence electrons. The van der Waals surface area contributed by atoms with Crippen LogP contribution in [0.2, 0.25) is 0 Å². The standard InChI is InChI=1S/C17H14N4O/c18-9-11-3-1-2-4-12(11)14-5-6-15(22-14)17-16-13(7-8-19-17)20-10-21-16/h1-6,10,17,19H,7-8H2,(H,20,21)/t17-/m1/s1. The third kappa shape index (κ3) is 2.01. The first-order valence-corrected chi connectivity index (χ1v) is 7.21. The number of imidazole rings is 1. The largest absolute Gasteiger partial charge is 0.459 e. The fourth-order valence-electron chi connectivity index (χ4n) is 2.90. The molecule has 1 aliphatic rings. The molecule has 1 atom stereocenters. The third-order valence-electron chi connectivity index (χ3n) is 3.97.